The number of nitrogens with zero attached hydrogens (tertiary/aromatic N) is 3. The van der Waals surface area contributed by atoms with Gasteiger partial charge in [0.1, 0.15) is 17.2 Å². The van der Waals surface area contributed by atoms with Crippen LogP contribution in [0.25, 0.3) is 0 Å². The quantitative estimate of drug-likeness (QED) is 0.604. The fourth-order valence-electron chi connectivity index (χ4n) is 4.14. The van der Waals surface area contributed by atoms with Crippen LogP contribution in [-0.2, 0) is 10.2 Å². The summed E-state index contributed by atoms with van der Waals surface area (Å²) in [7, 11) is 0. The smallest absolute Gasteiger partial charge is 0.410 e. The van der Waals surface area contributed by atoms with Crippen LogP contribution in [0, 0.1) is 11.6 Å². The summed E-state index contributed by atoms with van der Waals surface area (Å²) in [5, 5.41) is 3.33. The first kappa shape index (κ1) is 23.0. The standard InChI is InChI=1S/C21H28F2N4O2.HI/c1-20(2,3)29-19(28)26-9-10-27-14(12-26)11-24-18(27)25-13-21(7-8-21)17-15(22)5-4-6-16(17)23;/h4-6,14H,7-13H2,1-3H3,(H,24,25);1H. The largest absolute Gasteiger partial charge is 0.444 e. The van der Waals surface area contributed by atoms with E-state index in [4.69, 9.17) is 4.74 Å². The Morgan fingerprint density at radius 3 is 2.53 bits per heavy atom. The van der Waals surface area contributed by atoms with E-state index < -0.39 is 22.7 Å². The Balaban J connectivity index is 0.00000256. The highest BCUT2D eigenvalue weighted by Gasteiger charge is 2.48. The van der Waals surface area contributed by atoms with Gasteiger partial charge in [0.25, 0.3) is 0 Å². The van der Waals surface area contributed by atoms with Crippen LogP contribution in [-0.4, -0.2) is 66.2 Å². The maximum absolute atomic E-state index is 14.2. The van der Waals surface area contributed by atoms with Crippen molar-refractivity contribution in [1.82, 2.24) is 15.1 Å². The van der Waals surface area contributed by atoms with Gasteiger partial charge in [0.2, 0.25) is 0 Å². The van der Waals surface area contributed by atoms with Crippen LogP contribution in [0.5, 0.6) is 0 Å². The van der Waals surface area contributed by atoms with E-state index >= 15 is 0 Å². The third kappa shape index (κ3) is 4.65. The van der Waals surface area contributed by atoms with Gasteiger partial charge in [-0.05, 0) is 45.7 Å². The van der Waals surface area contributed by atoms with Crippen LogP contribution in [0.1, 0.15) is 39.2 Å². The fraction of sp³-hybridized carbons (Fsp3) is 0.619. The van der Waals surface area contributed by atoms with Gasteiger partial charge in [-0.15, -0.1) is 24.0 Å². The molecule has 3 aliphatic rings. The highest BCUT2D eigenvalue weighted by atomic mass is 127. The summed E-state index contributed by atoms with van der Waals surface area (Å²) in [5.74, 6) is -0.218. The second-order valence-corrected chi connectivity index (χ2v) is 9.17. The average molecular weight is 534 g/mol. The molecule has 30 heavy (non-hydrogen) atoms. The van der Waals surface area contributed by atoms with Crippen molar-refractivity contribution in [3.05, 3.63) is 35.4 Å². The molecule has 2 heterocycles. The first-order valence-corrected chi connectivity index (χ1v) is 10.2. The Hall–Kier alpha value is -1.65. The average Bonchev–Trinajstić information content (AvgIpc) is 3.30. The van der Waals surface area contributed by atoms with Gasteiger partial charge in [-0.25, -0.2) is 13.6 Å². The Labute approximate surface area is 193 Å². The molecule has 1 aromatic rings. The van der Waals surface area contributed by atoms with E-state index in [0.29, 0.717) is 32.7 Å². The number of carbonyl (C=O) groups is 1. The Morgan fingerprint density at radius 2 is 1.93 bits per heavy atom. The summed E-state index contributed by atoms with van der Waals surface area (Å²) in [6.07, 6.45) is 1.20. The van der Waals surface area contributed by atoms with Gasteiger partial charge in [0, 0.05) is 37.2 Å². The molecule has 2 fully saturated rings. The van der Waals surface area contributed by atoms with Crippen LogP contribution in [0.15, 0.2) is 23.2 Å². The molecule has 1 unspecified atom stereocenters. The molecule has 2 aliphatic heterocycles. The summed E-state index contributed by atoms with van der Waals surface area (Å²) in [6, 6.07) is 4.13. The molecule has 1 atom stereocenters. The zero-order chi connectivity index (χ0) is 20.8. The fourth-order valence-corrected chi connectivity index (χ4v) is 4.14. The molecule has 0 bridgehead atoms. The molecule has 1 amide bonds. The van der Waals surface area contributed by atoms with Crippen molar-refractivity contribution < 1.29 is 18.3 Å². The topological polar surface area (TPSA) is 57.2 Å². The molecule has 1 aliphatic carbocycles. The number of guanidine groups is 1. The van der Waals surface area contributed by atoms with E-state index in [2.05, 4.69) is 15.2 Å². The van der Waals surface area contributed by atoms with E-state index in [1.807, 2.05) is 20.8 Å². The molecule has 0 spiro atoms. The molecule has 1 N–H and O–H groups in total. The van der Waals surface area contributed by atoms with Crippen LogP contribution in [0.2, 0.25) is 0 Å². The zero-order valence-electron chi connectivity index (χ0n) is 17.6. The minimum absolute atomic E-state index is 0. The number of aliphatic imine (C=N–C) groups is 1. The van der Waals surface area contributed by atoms with Gasteiger partial charge in [-0.1, -0.05) is 6.07 Å². The third-order valence-electron chi connectivity index (χ3n) is 5.79. The maximum Gasteiger partial charge on any atom is 0.410 e. The van der Waals surface area contributed by atoms with Gasteiger partial charge >= 0.3 is 6.09 Å². The predicted molar refractivity (Wildman–Crippen MR) is 121 cm³/mol. The molecule has 6 nitrogen and oxygen atoms in total. The van der Waals surface area contributed by atoms with Crippen molar-refractivity contribution in [2.75, 3.05) is 32.7 Å². The molecule has 0 radical (unpaired) electrons. The Kier molecular flexibility index (Phi) is 6.50. The highest BCUT2D eigenvalue weighted by molar-refractivity contribution is 14.0. The van der Waals surface area contributed by atoms with E-state index in [0.717, 1.165) is 18.8 Å². The number of carbonyl (C=O) groups excluding carboxylic acids is 1. The van der Waals surface area contributed by atoms with Crippen LogP contribution in [0.4, 0.5) is 13.6 Å². The summed E-state index contributed by atoms with van der Waals surface area (Å²) >= 11 is 0. The molecular weight excluding hydrogens is 505 g/mol. The monoisotopic (exact) mass is 534 g/mol. The normalized spacial score (nSPS) is 22.0. The van der Waals surface area contributed by atoms with Crippen molar-refractivity contribution in [1.29, 1.82) is 0 Å². The summed E-state index contributed by atoms with van der Waals surface area (Å²) < 4.78 is 33.9. The first-order valence-electron chi connectivity index (χ1n) is 10.2. The summed E-state index contributed by atoms with van der Waals surface area (Å²) in [4.78, 5) is 20.8. The summed E-state index contributed by atoms with van der Waals surface area (Å²) in [6.45, 7) is 8.36. The highest BCUT2D eigenvalue weighted by Crippen LogP contribution is 2.49. The molecular formula is C21H29F2IN4O2. The van der Waals surface area contributed by atoms with E-state index in [1.54, 1.807) is 4.90 Å². The number of hydrogen-bond acceptors (Lipinski definition) is 5. The number of hydrogen-bond donors (Lipinski definition) is 1. The van der Waals surface area contributed by atoms with E-state index in [-0.39, 0.29) is 41.7 Å². The number of halogens is 3. The summed E-state index contributed by atoms with van der Waals surface area (Å²) in [5.41, 5.74) is -0.848. The van der Waals surface area contributed by atoms with Crippen molar-refractivity contribution in [3.8, 4) is 0 Å². The number of benzene rings is 1. The van der Waals surface area contributed by atoms with E-state index in [9.17, 15) is 13.6 Å². The third-order valence-corrected chi connectivity index (χ3v) is 5.79. The number of amides is 1. The second kappa shape index (κ2) is 8.47. The van der Waals surface area contributed by atoms with Gasteiger partial charge in [-0.2, -0.15) is 0 Å². The SMILES string of the molecule is CC(C)(C)OC(=O)N1CCN2C(NCC3(c4c(F)cccc4F)CC3)=NCC2C1.I. The molecule has 1 saturated heterocycles. The Bertz CT molecular complexity index is 819. The molecule has 0 aromatic heterocycles. The van der Waals surface area contributed by atoms with Crippen LogP contribution < -0.4 is 5.32 Å². The minimum atomic E-state index is -0.520. The lowest BCUT2D eigenvalue weighted by molar-refractivity contribution is 0.0137. The molecule has 1 saturated carbocycles. The molecule has 9 heteroatoms. The van der Waals surface area contributed by atoms with E-state index in [1.165, 1.54) is 18.2 Å². The number of piperazine rings is 1. The molecule has 4 rings (SSSR count). The lowest BCUT2D eigenvalue weighted by Crippen LogP contribution is -2.58. The maximum atomic E-state index is 14.2. The molecule has 166 valence electrons. The predicted octanol–water partition coefficient (Wildman–Crippen LogP) is 3.49. The van der Waals surface area contributed by atoms with Gasteiger partial charge in [-0.3, -0.25) is 4.99 Å². The Morgan fingerprint density at radius 1 is 1.27 bits per heavy atom. The lowest BCUT2D eigenvalue weighted by atomic mass is 9.94. The first-order chi connectivity index (χ1) is 13.7. The second-order valence-electron chi connectivity index (χ2n) is 9.17. The zero-order valence-corrected chi connectivity index (χ0v) is 19.9. The van der Waals surface area contributed by atoms with Crippen LogP contribution >= 0.6 is 24.0 Å². The van der Waals surface area contributed by atoms with Crippen LogP contribution in [0.3, 0.4) is 0 Å². The minimum Gasteiger partial charge on any atom is -0.444 e. The number of nitrogens with one attached hydrogen (secondary N) is 1. The van der Waals surface area contributed by atoms with Crippen molar-refractivity contribution >= 4 is 36.0 Å². The number of ether oxygens (including phenoxy) is 1. The van der Waals surface area contributed by atoms with Crippen molar-refractivity contribution in [2.24, 2.45) is 4.99 Å². The van der Waals surface area contributed by atoms with Gasteiger partial charge in [0.05, 0.1) is 12.6 Å². The molecule has 1 aromatic carbocycles. The van der Waals surface area contributed by atoms with Crippen molar-refractivity contribution in [3.63, 3.8) is 0 Å². The number of rotatable bonds is 3. The van der Waals surface area contributed by atoms with Crippen molar-refractivity contribution in [2.45, 2.75) is 50.7 Å². The van der Waals surface area contributed by atoms with Gasteiger partial charge < -0.3 is 19.9 Å². The number of fused-ring (bicyclic) bond motifs is 1. The van der Waals surface area contributed by atoms with Gasteiger partial charge in [0.15, 0.2) is 5.96 Å². The lowest BCUT2D eigenvalue weighted by Gasteiger charge is -2.39.